The van der Waals surface area contributed by atoms with Crippen LogP contribution in [-0.4, -0.2) is 28.7 Å². The third-order valence-electron chi connectivity index (χ3n) is 2.35. The first kappa shape index (κ1) is 13.0. The van der Waals surface area contributed by atoms with E-state index in [1.54, 1.807) is 13.8 Å². The molecule has 0 atom stereocenters. The molecule has 0 aliphatic heterocycles. The molecule has 6 nitrogen and oxygen atoms in total. The monoisotopic (exact) mass is 246 g/mol. The molecular formula is C9H18N4O2S. The molecule has 0 aliphatic carbocycles. The standard InChI is InChI=1S/C9H18N4O2S/c1-4-5-6-13-8(10)9(11-12-13)16(14,15)7(2)3/h7H,4-6,10H2,1-3H3. The van der Waals surface area contributed by atoms with Gasteiger partial charge in [0.1, 0.15) is 0 Å². The Balaban J connectivity index is 3.05. The predicted molar refractivity (Wildman–Crippen MR) is 61.7 cm³/mol. The second-order valence-electron chi connectivity index (χ2n) is 3.95. The summed E-state index contributed by atoms with van der Waals surface area (Å²) in [6.45, 7) is 5.83. The van der Waals surface area contributed by atoms with Crippen LogP contribution in [0.5, 0.6) is 0 Å². The Morgan fingerprint density at radius 1 is 1.44 bits per heavy atom. The molecule has 92 valence electrons. The van der Waals surface area contributed by atoms with Gasteiger partial charge in [0.25, 0.3) is 0 Å². The van der Waals surface area contributed by atoms with Gasteiger partial charge in [-0.05, 0) is 20.3 Å². The van der Waals surface area contributed by atoms with Crippen LogP contribution < -0.4 is 5.73 Å². The van der Waals surface area contributed by atoms with Crippen LogP contribution in [0.1, 0.15) is 33.6 Å². The van der Waals surface area contributed by atoms with Crippen LogP contribution in [0, 0.1) is 0 Å². The number of aromatic nitrogens is 3. The summed E-state index contributed by atoms with van der Waals surface area (Å²) in [4.78, 5) is 0. The number of nitrogens with two attached hydrogens (primary N) is 1. The van der Waals surface area contributed by atoms with Crippen molar-refractivity contribution in [2.45, 2.75) is 50.4 Å². The quantitative estimate of drug-likeness (QED) is 0.831. The van der Waals surface area contributed by atoms with Gasteiger partial charge in [0, 0.05) is 6.54 Å². The summed E-state index contributed by atoms with van der Waals surface area (Å²) in [5.41, 5.74) is 5.73. The van der Waals surface area contributed by atoms with Gasteiger partial charge < -0.3 is 5.73 Å². The largest absolute Gasteiger partial charge is 0.381 e. The molecule has 1 aromatic heterocycles. The van der Waals surface area contributed by atoms with Crippen molar-refractivity contribution < 1.29 is 8.42 Å². The lowest BCUT2D eigenvalue weighted by molar-refractivity contribution is 0.558. The zero-order valence-corrected chi connectivity index (χ0v) is 10.7. The van der Waals surface area contributed by atoms with E-state index in [-0.39, 0.29) is 10.8 Å². The molecule has 0 fully saturated rings. The molecule has 0 spiro atoms. The number of nitrogens with zero attached hydrogens (tertiary/aromatic N) is 3. The highest BCUT2D eigenvalue weighted by molar-refractivity contribution is 7.92. The fourth-order valence-electron chi connectivity index (χ4n) is 1.20. The van der Waals surface area contributed by atoms with E-state index in [9.17, 15) is 8.42 Å². The summed E-state index contributed by atoms with van der Waals surface area (Å²) >= 11 is 0. The summed E-state index contributed by atoms with van der Waals surface area (Å²) in [6, 6.07) is 0. The molecule has 1 aromatic rings. The normalized spacial score (nSPS) is 12.2. The Hall–Kier alpha value is -1.11. The van der Waals surface area contributed by atoms with Gasteiger partial charge in [-0.15, -0.1) is 5.10 Å². The molecule has 0 radical (unpaired) electrons. The highest BCUT2D eigenvalue weighted by atomic mass is 32.2. The van der Waals surface area contributed by atoms with E-state index in [2.05, 4.69) is 10.3 Å². The highest BCUT2D eigenvalue weighted by Crippen LogP contribution is 2.19. The Morgan fingerprint density at radius 2 is 2.06 bits per heavy atom. The predicted octanol–water partition coefficient (Wildman–Crippen LogP) is 0.843. The van der Waals surface area contributed by atoms with Crippen LogP contribution in [0.4, 0.5) is 5.82 Å². The van der Waals surface area contributed by atoms with Crippen LogP contribution in [0.2, 0.25) is 0 Å². The SMILES string of the molecule is CCCCn1nnc(S(=O)(=O)C(C)C)c1N. The molecule has 1 rings (SSSR count). The lowest BCUT2D eigenvalue weighted by Gasteiger charge is -2.05. The molecule has 2 N–H and O–H groups in total. The number of rotatable bonds is 5. The van der Waals surface area contributed by atoms with Crippen molar-refractivity contribution in [3.63, 3.8) is 0 Å². The zero-order valence-electron chi connectivity index (χ0n) is 9.84. The minimum atomic E-state index is -3.43. The van der Waals surface area contributed by atoms with Crippen LogP contribution >= 0.6 is 0 Å². The van der Waals surface area contributed by atoms with Crippen molar-refractivity contribution in [3.05, 3.63) is 0 Å². The molecule has 0 saturated heterocycles. The second kappa shape index (κ2) is 4.82. The van der Waals surface area contributed by atoms with Crippen molar-refractivity contribution in [2.75, 3.05) is 5.73 Å². The van der Waals surface area contributed by atoms with Crippen LogP contribution in [0.3, 0.4) is 0 Å². The third kappa shape index (κ3) is 2.34. The average Bonchev–Trinajstić information content (AvgIpc) is 2.57. The van der Waals surface area contributed by atoms with Crippen LogP contribution in [0.25, 0.3) is 0 Å². The van der Waals surface area contributed by atoms with Gasteiger partial charge in [-0.1, -0.05) is 18.6 Å². The van der Waals surface area contributed by atoms with Crippen molar-refractivity contribution in [1.82, 2.24) is 15.0 Å². The van der Waals surface area contributed by atoms with Crippen molar-refractivity contribution in [2.24, 2.45) is 0 Å². The zero-order chi connectivity index (χ0) is 12.3. The second-order valence-corrected chi connectivity index (χ2v) is 6.37. The van der Waals surface area contributed by atoms with Gasteiger partial charge in [-0.2, -0.15) is 0 Å². The first-order valence-corrected chi connectivity index (χ1v) is 6.88. The topological polar surface area (TPSA) is 90.9 Å². The number of sulfone groups is 1. The fraction of sp³-hybridized carbons (Fsp3) is 0.778. The maximum absolute atomic E-state index is 11.8. The Kier molecular flexibility index (Phi) is 3.90. The molecule has 0 amide bonds. The minimum absolute atomic E-state index is 0.0985. The maximum Gasteiger partial charge on any atom is 0.221 e. The molecule has 0 bridgehead atoms. The van der Waals surface area contributed by atoms with Gasteiger partial charge >= 0.3 is 0 Å². The van der Waals surface area contributed by atoms with Gasteiger partial charge in [-0.3, -0.25) is 0 Å². The van der Waals surface area contributed by atoms with E-state index < -0.39 is 15.1 Å². The van der Waals surface area contributed by atoms with Crippen LogP contribution in [0.15, 0.2) is 5.03 Å². The lowest BCUT2D eigenvalue weighted by Crippen LogP contribution is -2.16. The molecule has 0 unspecified atom stereocenters. The van der Waals surface area contributed by atoms with Crippen molar-refractivity contribution in [3.8, 4) is 0 Å². The highest BCUT2D eigenvalue weighted by Gasteiger charge is 2.26. The summed E-state index contributed by atoms with van der Waals surface area (Å²) in [5, 5.41) is 6.79. The third-order valence-corrected chi connectivity index (χ3v) is 4.43. The molecule has 0 aromatic carbocycles. The van der Waals surface area contributed by atoms with Gasteiger partial charge in [0.15, 0.2) is 5.82 Å². The number of unbranched alkanes of at least 4 members (excludes halogenated alkanes) is 1. The summed E-state index contributed by atoms with van der Waals surface area (Å²) in [6.07, 6.45) is 1.89. The van der Waals surface area contributed by atoms with Gasteiger partial charge in [0.05, 0.1) is 5.25 Å². The number of hydrogen-bond donors (Lipinski definition) is 1. The van der Waals surface area contributed by atoms with E-state index in [1.165, 1.54) is 4.68 Å². The maximum atomic E-state index is 11.8. The smallest absolute Gasteiger partial charge is 0.221 e. The van der Waals surface area contributed by atoms with Gasteiger partial charge in [-0.25, -0.2) is 13.1 Å². The molecule has 0 saturated carbocycles. The number of anilines is 1. The molecule has 16 heavy (non-hydrogen) atoms. The number of nitrogen functional groups attached to an aromatic ring is 1. The Labute approximate surface area is 95.7 Å². The fourth-order valence-corrected chi connectivity index (χ4v) is 2.20. The molecule has 1 heterocycles. The minimum Gasteiger partial charge on any atom is -0.381 e. The van der Waals surface area contributed by atoms with E-state index in [4.69, 9.17) is 5.73 Å². The van der Waals surface area contributed by atoms with Crippen molar-refractivity contribution in [1.29, 1.82) is 0 Å². The van der Waals surface area contributed by atoms with E-state index >= 15 is 0 Å². The van der Waals surface area contributed by atoms with Crippen LogP contribution in [-0.2, 0) is 16.4 Å². The number of aryl methyl sites for hydroxylation is 1. The van der Waals surface area contributed by atoms with Crippen molar-refractivity contribution >= 4 is 15.7 Å². The first-order chi connectivity index (χ1) is 7.41. The molecular weight excluding hydrogens is 228 g/mol. The van der Waals surface area contributed by atoms with Gasteiger partial charge in [0.2, 0.25) is 14.9 Å². The summed E-state index contributed by atoms with van der Waals surface area (Å²) in [5.74, 6) is 0.141. The Bertz CT molecular complexity index is 450. The molecule has 0 aliphatic rings. The van der Waals surface area contributed by atoms with E-state index in [0.717, 1.165) is 12.8 Å². The van der Waals surface area contributed by atoms with E-state index in [0.29, 0.717) is 6.54 Å². The average molecular weight is 246 g/mol. The Morgan fingerprint density at radius 3 is 2.56 bits per heavy atom. The first-order valence-electron chi connectivity index (χ1n) is 5.34. The summed E-state index contributed by atoms with van der Waals surface area (Å²) < 4.78 is 25.1. The number of hydrogen-bond acceptors (Lipinski definition) is 5. The molecule has 7 heteroatoms. The lowest BCUT2D eigenvalue weighted by atomic mass is 10.3. The summed E-state index contributed by atoms with van der Waals surface area (Å²) in [7, 11) is -3.43. The van der Waals surface area contributed by atoms with E-state index in [1.807, 2.05) is 6.92 Å².